The van der Waals surface area contributed by atoms with Gasteiger partial charge in [-0.05, 0) is 0 Å². The molecule has 7 heteroatoms. The van der Waals surface area contributed by atoms with Crippen molar-refractivity contribution in [2.45, 2.75) is 0 Å². The highest BCUT2D eigenvalue weighted by Gasteiger charge is 2.13. The second kappa shape index (κ2) is 3.03. The third-order valence-corrected chi connectivity index (χ3v) is 2.16. The summed E-state index contributed by atoms with van der Waals surface area (Å²) in [5.41, 5.74) is 0.208. The summed E-state index contributed by atoms with van der Waals surface area (Å²) in [6, 6.07) is 0. The third-order valence-electron chi connectivity index (χ3n) is 1.26. The van der Waals surface area contributed by atoms with Crippen LogP contribution in [0.1, 0.15) is 0 Å². The van der Waals surface area contributed by atoms with Gasteiger partial charge in [-0.15, -0.1) is 0 Å². The summed E-state index contributed by atoms with van der Waals surface area (Å²) in [5.74, 6) is 0. The summed E-state index contributed by atoms with van der Waals surface area (Å²) in [4.78, 5) is 7.18. The maximum Gasteiger partial charge on any atom is 0.359 e. The van der Waals surface area contributed by atoms with Crippen LogP contribution in [-0.4, -0.2) is 30.0 Å². The van der Waals surface area contributed by atoms with Crippen LogP contribution in [0.3, 0.4) is 0 Å². The molecule has 0 spiro atoms. The molecule has 6 nitrogen and oxygen atoms in total. The lowest BCUT2D eigenvalue weighted by molar-refractivity contribution is 0.481. The van der Waals surface area contributed by atoms with Gasteiger partial charge < -0.3 is 0 Å². The van der Waals surface area contributed by atoms with Crippen molar-refractivity contribution in [3.8, 4) is 0 Å². The molecule has 0 aliphatic heterocycles. The van der Waals surface area contributed by atoms with Gasteiger partial charge in [-0.2, -0.15) is 8.42 Å². The Labute approximate surface area is 69.8 Å². The van der Waals surface area contributed by atoms with Gasteiger partial charge in [0, 0.05) is 7.05 Å². The zero-order valence-corrected chi connectivity index (χ0v) is 7.06. The zero-order chi connectivity index (χ0) is 9.19. The monoisotopic (exact) mass is 189 g/mol. The van der Waals surface area contributed by atoms with Gasteiger partial charge in [-0.25, -0.2) is 14.3 Å². The average Bonchev–Trinajstić information content (AvgIpc) is 2.03. The summed E-state index contributed by atoms with van der Waals surface area (Å²) >= 11 is 0. The van der Waals surface area contributed by atoms with E-state index in [-0.39, 0.29) is 5.69 Å². The minimum atomic E-state index is -4.20. The molecule has 0 aliphatic rings. The molecule has 0 saturated carbocycles. The van der Waals surface area contributed by atoms with E-state index in [1.54, 1.807) is 0 Å². The number of hydrogen-bond donors (Lipinski definition) is 1. The lowest BCUT2D eigenvalue weighted by Crippen LogP contribution is -2.25. The first kappa shape index (κ1) is 8.88. The molecule has 66 valence electrons. The minimum Gasteiger partial charge on any atom is -0.269 e. The summed E-state index contributed by atoms with van der Waals surface area (Å²) in [6.07, 6.45) is 3.82. The van der Waals surface area contributed by atoms with Crippen molar-refractivity contribution < 1.29 is 13.0 Å². The van der Waals surface area contributed by atoms with Crippen LogP contribution in [0.25, 0.3) is 0 Å². The Morgan fingerprint density at radius 3 is 2.33 bits per heavy atom. The predicted octanol–water partition coefficient (Wildman–Crippen LogP) is -0.284. The molecule has 1 N–H and O–H groups in total. The van der Waals surface area contributed by atoms with E-state index < -0.39 is 10.3 Å². The van der Waals surface area contributed by atoms with E-state index in [0.717, 1.165) is 0 Å². The molecule has 12 heavy (non-hydrogen) atoms. The molecule has 0 amide bonds. The molecule has 1 aromatic rings. The fourth-order valence-electron chi connectivity index (χ4n) is 0.587. The number of aromatic nitrogens is 2. The van der Waals surface area contributed by atoms with Crippen LogP contribution >= 0.6 is 0 Å². The SMILES string of the molecule is CN(c1cncnc1)S(=O)(=O)O. The Hall–Kier alpha value is -1.21. The van der Waals surface area contributed by atoms with Gasteiger partial charge in [0.25, 0.3) is 0 Å². The number of rotatable bonds is 2. The molecule has 0 aromatic carbocycles. The Balaban J connectivity index is 3.02. The minimum absolute atomic E-state index is 0.208. The number of hydrogen-bond acceptors (Lipinski definition) is 4. The highest BCUT2D eigenvalue weighted by atomic mass is 32.2. The zero-order valence-electron chi connectivity index (χ0n) is 6.25. The van der Waals surface area contributed by atoms with Crippen LogP contribution in [0, 0.1) is 0 Å². The molecule has 0 atom stereocenters. The van der Waals surface area contributed by atoms with Crippen LogP contribution in [0.2, 0.25) is 0 Å². The van der Waals surface area contributed by atoms with Crippen molar-refractivity contribution in [1.82, 2.24) is 9.97 Å². The maximum atomic E-state index is 10.6. The highest BCUT2D eigenvalue weighted by molar-refractivity contribution is 7.87. The van der Waals surface area contributed by atoms with Crippen LogP contribution in [0.5, 0.6) is 0 Å². The van der Waals surface area contributed by atoms with E-state index in [0.29, 0.717) is 4.31 Å². The fourth-order valence-corrected chi connectivity index (χ4v) is 0.948. The van der Waals surface area contributed by atoms with E-state index >= 15 is 0 Å². The van der Waals surface area contributed by atoms with E-state index in [1.165, 1.54) is 25.8 Å². The van der Waals surface area contributed by atoms with Crippen LogP contribution in [0.15, 0.2) is 18.7 Å². The Morgan fingerprint density at radius 1 is 1.42 bits per heavy atom. The summed E-state index contributed by atoms with van der Waals surface area (Å²) < 4.78 is 30.4. The average molecular weight is 189 g/mol. The largest absolute Gasteiger partial charge is 0.359 e. The van der Waals surface area contributed by atoms with Crippen molar-refractivity contribution in [2.75, 3.05) is 11.4 Å². The normalized spacial score (nSPS) is 11.2. The molecular formula is C5H7N3O3S. The summed E-state index contributed by atoms with van der Waals surface area (Å²) in [6.45, 7) is 0. The van der Waals surface area contributed by atoms with Gasteiger partial charge in [-0.3, -0.25) is 4.55 Å². The van der Waals surface area contributed by atoms with E-state index in [9.17, 15) is 8.42 Å². The van der Waals surface area contributed by atoms with Gasteiger partial charge in [0.2, 0.25) is 0 Å². The molecule has 0 bridgehead atoms. The van der Waals surface area contributed by atoms with E-state index in [4.69, 9.17) is 4.55 Å². The molecule has 0 radical (unpaired) electrons. The molecule has 1 heterocycles. The Kier molecular flexibility index (Phi) is 2.25. The summed E-state index contributed by atoms with van der Waals surface area (Å²) in [5, 5.41) is 0. The quantitative estimate of drug-likeness (QED) is 0.646. The second-order valence-corrected chi connectivity index (χ2v) is 3.49. The van der Waals surface area contributed by atoms with Crippen molar-refractivity contribution in [3.63, 3.8) is 0 Å². The molecule has 1 rings (SSSR count). The first-order valence-corrected chi connectivity index (χ1v) is 4.38. The van der Waals surface area contributed by atoms with E-state index in [2.05, 4.69) is 9.97 Å². The third kappa shape index (κ3) is 1.89. The van der Waals surface area contributed by atoms with Crippen LogP contribution in [0.4, 0.5) is 5.69 Å². The van der Waals surface area contributed by atoms with Gasteiger partial charge >= 0.3 is 10.3 Å². The first-order chi connectivity index (χ1) is 5.52. The topological polar surface area (TPSA) is 83.4 Å². The van der Waals surface area contributed by atoms with E-state index in [1.807, 2.05) is 0 Å². The van der Waals surface area contributed by atoms with Crippen molar-refractivity contribution >= 4 is 16.0 Å². The highest BCUT2D eigenvalue weighted by Crippen LogP contribution is 2.10. The van der Waals surface area contributed by atoms with Crippen LogP contribution in [-0.2, 0) is 10.3 Å². The molecule has 0 unspecified atom stereocenters. The lowest BCUT2D eigenvalue weighted by Gasteiger charge is -2.12. The van der Waals surface area contributed by atoms with Gasteiger partial charge in [-0.1, -0.05) is 0 Å². The molecular weight excluding hydrogens is 182 g/mol. The number of anilines is 1. The van der Waals surface area contributed by atoms with Gasteiger partial charge in [0.1, 0.15) is 6.33 Å². The standard InChI is InChI=1S/C5H7N3O3S/c1-8(12(9,10)11)5-2-6-4-7-3-5/h2-4H,1H3,(H,9,10,11). The lowest BCUT2D eigenvalue weighted by atomic mass is 10.5. The molecule has 0 fully saturated rings. The van der Waals surface area contributed by atoms with Crippen molar-refractivity contribution in [3.05, 3.63) is 18.7 Å². The smallest absolute Gasteiger partial charge is 0.269 e. The number of nitrogens with zero attached hydrogens (tertiary/aromatic N) is 3. The van der Waals surface area contributed by atoms with Gasteiger partial charge in [0.05, 0.1) is 18.1 Å². The Morgan fingerprint density at radius 2 is 1.92 bits per heavy atom. The first-order valence-electron chi connectivity index (χ1n) is 2.98. The Bertz CT molecular complexity index is 349. The molecule has 0 aliphatic carbocycles. The maximum absolute atomic E-state index is 10.6. The molecule has 1 aromatic heterocycles. The summed E-state index contributed by atoms with van der Waals surface area (Å²) in [7, 11) is -3.00. The van der Waals surface area contributed by atoms with Crippen molar-refractivity contribution in [1.29, 1.82) is 0 Å². The molecule has 0 saturated heterocycles. The van der Waals surface area contributed by atoms with Crippen LogP contribution < -0.4 is 4.31 Å². The second-order valence-electron chi connectivity index (χ2n) is 2.04. The van der Waals surface area contributed by atoms with Crippen molar-refractivity contribution in [2.24, 2.45) is 0 Å². The van der Waals surface area contributed by atoms with Gasteiger partial charge in [0.15, 0.2) is 0 Å². The predicted molar refractivity (Wildman–Crippen MR) is 42.0 cm³/mol. The fraction of sp³-hybridized carbons (Fsp3) is 0.200.